The van der Waals surface area contributed by atoms with E-state index in [2.05, 4.69) is 5.32 Å². The molecule has 0 aliphatic carbocycles. The molecule has 0 heterocycles. The van der Waals surface area contributed by atoms with Crippen molar-refractivity contribution in [1.82, 2.24) is 5.32 Å². The molecule has 2 aromatic carbocycles. The van der Waals surface area contributed by atoms with E-state index < -0.39 is 5.60 Å². The number of para-hydroxylation sites is 2. The van der Waals surface area contributed by atoms with Gasteiger partial charge in [-0.15, -0.1) is 0 Å². The molecule has 6 heteroatoms. The zero-order chi connectivity index (χ0) is 17.6. The standard InChI is InChI=1S/C18H20ClNO4/c1-18(22,13-7-9-14(19)10-8-13)12-20-17(21)11-24-16-6-4-3-5-15(16)23-2/h3-10,22H,11-12H2,1-2H3,(H,20,21). The van der Waals surface area contributed by atoms with Gasteiger partial charge in [-0.05, 0) is 36.8 Å². The van der Waals surface area contributed by atoms with Gasteiger partial charge in [0, 0.05) is 5.02 Å². The molecule has 24 heavy (non-hydrogen) atoms. The first-order chi connectivity index (χ1) is 11.4. The van der Waals surface area contributed by atoms with Crippen molar-refractivity contribution in [3.05, 3.63) is 59.1 Å². The summed E-state index contributed by atoms with van der Waals surface area (Å²) in [5, 5.41) is 13.7. The summed E-state index contributed by atoms with van der Waals surface area (Å²) < 4.78 is 10.6. The van der Waals surface area contributed by atoms with Gasteiger partial charge in [0.2, 0.25) is 0 Å². The number of hydrogen-bond acceptors (Lipinski definition) is 4. The predicted molar refractivity (Wildman–Crippen MR) is 92.5 cm³/mol. The van der Waals surface area contributed by atoms with Crippen LogP contribution in [0.1, 0.15) is 12.5 Å². The Morgan fingerprint density at radius 1 is 1.17 bits per heavy atom. The molecule has 128 valence electrons. The largest absolute Gasteiger partial charge is 0.493 e. The van der Waals surface area contributed by atoms with E-state index in [4.69, 9.17) is 21.1 Å². The van der Waals surface area contributed by atoms with Crippen LogP contribution in [0.2, 0.25) is 5.02 Å². The summed E-state index contributed by atoms with van der Waals surface area (Å²) in [5.74, 6) is 0.702. The third kappa shape index (κ3) is 4.88. The Bertz CT molecular complexity index is 686. The predicted octanol–water partition coefficient (Wildman–Crippen LogP) is 2.75. The summed E-state index contributed by atoms with van der Waals surface area (Å²) in [7, 11) is 1.53. The fraction of sp³-hybridized carbons (Fsp3) is 0.278. The van der Waals surface area contributed by atoms with Crippen molar-refractivity contribution in [2.45, 2.75) is 12.5 Å². The molecule has 1 unspecified atom stereocenters. The quantitative estimate of drug-likeness (QED) is 0.806. The molecule has 0 aliphatic rings. The number of rotatable bonds is 7. The summed E-state index contributed by atoms with van der Waals surface area (Å²) in [4.78, 5) is 11.9. The highest BCUT2D eigenvalue weighted by molar-refractivity contribution is 6.30. The zero-order valence-electron chi connectivity index (χ0n) is 13.6. The van der Waals surface area contributed by atoms with Crippen LogP contribution in [0.4, 0.5) is 0 Å². The maximum atomic E-state index is 11.9. The number of nitrogens with one attached hydrogen (secondary N) is 1. The van der Waals surface area contributed by atoms with Gasteiger partial charge in [-0.25, -0.2) is 0 Å². The van der Waals surface area contributed by atoms with E-state index >= 15 is 0 Å². The number of amides is 1. The van der Waals surface area contributed by atoms with Crippen molar-refractivity contribution < 1.29 is 19.4 Å². The maximum Gasteiger partial charge on any atom is 0.258 e. The lowest BCUT2D eigenvalue weighted by atomic mass is 9.96. The highest BCUT2D eigenvalue weighted by Crippen LogP contribution is 2.25. The summed E-state index contributed by atoms with van der Waals surface area (Å²) in [5.41, 5.74) is -0.539. The van der Waals surface area contributed by atoms with E-state index in [1.165, 1.54) is 7.11 Å². The van der Waals surface area contributed by atoms with Crippen LogP contribution in [0.15, 0.2) is 48.5 Å². The lowest BCUT2D eigenvalue weighted by molar-refractivity contribution is -0.124. The van der Waals surface area contributed by atoms with Gasteiger partial charge in [-0.3, -0.25) is 4.79 Å². The van der Waals surface area contributed by atoms with Gasteiger partial charge < -0.3 is 19.9 Å². The second-order valence-electron chi connectivity index (χ2n) is 5.50. The van der Waals surface area contributed by atoms with Crippen molar-refractivity contribution in [1.29, 1.82) is 0 Å². The molecule has 2 aromatic rings. The minimum absolute atomic E-state index is 0.0583. The molecule has 5 nitrogen and oxygen atoms in total. The maximum absolute atomic E-state index is 11.9. The molecule has 0 saturated heterocycles. The van der Waals surface area contributed by atoms with E-state index in [1.807, 2.05) is 6.07 Å². The molecule has 0 aromatic heterocycles. The summed E-state index contributed by atoms with van der Waals surface area (Å²) in [6, 6.07) is 13.9. The van der Waals surface area contributed by atoms with E-state index in [0.717, 1.165) is 0 Å². The van der Waals surface area contributed by atoms with Crippen molar-refractivity contribution in [3.63, 3.8) is 0 Å². The van der Waals surface area contributed by atoms with Crippen LogP contribution >= 0.6 is 11.6 Å². The normalized spacial score (nSPS) is 13.0. The molecule has 1 atom stereocenters. The molecule has 0 fully saturated rings. The Kier molecular flexibility index (Phi) is 6.06. The second-order valence-corrected chi connectivity index (χ2v) is 5.93. The third-order valence-electron chi connectivity index (χ3n) is 3.52. The van der Waals surface area contributed by atoms with Crippen LogP contribution in [0, 0.1) is 0 Å². The monoisotopic (exact) mass is 349 g/mol. The molecule has 0 saturated carbocycles. The zero-order valence-corrected chi connectivity index (χ0v) is 14.3. The second kappa shape index (κ2) is 8.04. The fourth-order valence-electron chi connectivity index (χ4n) is 2.11. The van der Waals surface area contributed by atoms with Crippen molar-refractivity contribution in [2.75, 3.05) is 20.3 Å². The topological polar surface area (TPSA) is 67.8 Å². The van der Waals surface area contributed by atoms with E-state index in [1.54, 1.807) is 49.4 Å². The highest BCUT2D eigenvalue weighted by Gasteiger charge is 2.23. The van der Waals surface area contributed by atoms with Gasteiger partial charge in [0.25, 0.3) is 5.91 Å². The van der Waals surface area contributed by atoms with Crippen LogP contribution in [-0.4, -0.2) is 31.3 Å². The van der Waals surface area contributed by atoms with Crippen molar-refractivity contribution in [2.24, 2.45) is 0 Å². The van der Waals surface area contributed by atoms with Crippen LogP contribution in [0.25, 0.3) is 0 Å². The molecule has 0 spiro atoms. The number of hydrogen-bond donors (Lipinski definition) is 2. The first-order valence-electron chi connectivity index (χ1n) is 7.43. The summed E-state index contributed by atoms with van der Waals surface area (Å²) in [6.45, 7) is 1.51. The number of halogens is 1. The van der Waals surface area contributed by atoms with Crippen LogP contribution < -0.4 is 14.8 Å². The molecule has 2 rings (SSSR count). The molecular formula is C18H20ClNO4. The number of carbonyl (C=O) groups is 1. The summed E-state index contributed by atoms with van der Waals surface area (Å²) in [6.07, 6.45) is 0. The average Bonchev–Trinajstić information content (AvgIpc) is 2.59. The first kappa shape index (κ1) is 18.1. The number of carbonyl (C=O) groups excluding carboxylic acids is 1. The Hall–Kier alpha value is -2.24. The van der Waals surface area contributed by atoms with Gasteiger partial charge >= 0.3 is 0 Å². The Morgan fingerprint density at radius 2 is 1.79 bits per heavy atom. The third-order valence-corrected chi connectivity index (χ3v) is 3.78. The Labute approximate surface area is 146 Å². The molecule has 0 bridgehead atoms. The number of ether oxygens (including phenoxy) is 2. The highest BCUT2D eigenvalue weighted by atomic mass is 35.5. The lowest BCUT2D eigenvalue weighted by Gasteiger charge is -2.24. The molecule has 1 amide bonds. The van der Waals surface area contributed by atoms with E-state index in [9.17, 15) is 9.90 Å². The van der Waals surface area contributed by atoms with Gasteiger partial charge in [0.1, 0.15) is 5.60 Å². The Balaban J connectivity index is 1.87. The average molecular weight is 350 g/mol. The molecular weight excluding hydrogens is 330 g/mol. The fourth-order valence-corrected chi connectivity index (χ4v) is 2.24. The van der Waals surface area contributed by atoms with Crippen LogP contribution in [0.3, 0.4) is 0 Å². The van der Waals surface area contributed by atoms with Gasteiger partial charge in [0.15, 0.2) is 18.1 Å². The van der Waals surface area contributed by atoms with Crippen LogP contribution in [0.5, 0.6) is 11.5 Å². The smallest absolute Gasteiger partial charge is 0.258 e. The van der Waals surface area contributed by atoms with Gasteiger partial charge in [-0.2, -0.15) is 0 Å². The van der Waals surface area contributed by atoms with Crippen LogP contribution in [-0.2, 0) is 10.4 Å². The number of aliphatic hydroxyl groups is 1. The SMILES string of the molecule is COc1ccccc1OCC(=O)NCC(C)(O)c1ccc(Cl)cc1. The van der Waals surface area contributed by atoms with E-state index in [0.29, 0.717) is 22.1 Å². The number of benzene rings is 2. The summed E-state index contributed by atoms with van der Waals surface area (Å²) >= 11 is 5.84. The Morgan fingerprint density at radius 3 is 2.42 bits per heavy atom. The van der Waals surface area contributed by atoms with Crippen molar-refractivity contribution in [3.8, 4) is 11.5 Å². The lowest BCUT2D eigenvalue weighted by Crippen LogP contribution is -2.40. The van der Waals surface area contributed by atoms with Gasteiger partial charge in [-0.1, -0.05) is 35.9 Å². The minimum atomic E-state index is -1.20. The van der Waals surface area contributed by atoms with Crippen molar-refractivity contribution >= 4 is 17.5 Å². The molecule has 0 radical (unpaired) electrons. The van der Waals surface area contributed by atoms with Gasteiger partial charge in [0.05, 0.1) is 13.7 Å². The van der Waals surface area contributed by atoms with E-state index in [-0.39, 0.29) is 19.1 Å². The minimum Gasteiger partial charge on any atom is -0.493 e. The number of methoxy groups -OCH3 is 1. The first-order valence-corrected chi connectivity index (χ1v) is 7.81. The molecule has 2 N–H and O–H groups in total. The molecule has 0 aliphatic heterocycles.